The van der Waals surface area contributed by atoms with Gasteiger partial charge in [-0.15, -0.1) is 24.0 Å². The molecule has 0 spiro atoms. The molecule has 0 aliphatic carbocycles. The average molecular weight is 495 g/mol. The predicted octanol–water partition coefficient (Wildman–Crippen LogP) is 4.01. The van der Waals surface area contributed by atoms with Gasteiger partial charge >= 0.3 is 0 Å². The van der Waals surface area contributed by atoms with Crippen molar-refractivity contribution in [2.45, 2.75) is 26.5 Å². The first-order chi connectivity index (χ1) is 13.2. The molecule has 2 aromatic carbocycles. The van der Waals surface area contributed by atoms with Crippen LogP contribution in [0.4, 0.5) is 0 Å². The van der Waals surface area contributed by atoms with Gasteiger partial charge in [-0.05, 0) is 36.6 Å². The Morgan fingerprint density at radius 2 is 1.96 bits per heavy atom. The molecule has 3 rings (SSSR count). The second-order valence-corrected chi connectivity index (χ2v) is 6.94. The van der Waals surface area contributed by atoms with E-state index in [4.69, 9.17) is 9.73 Å². The van der Waals surface area contributed by atoms with Gasteiger partial charge in [-0.25, -0.2) is 4.99 Å². The number of rotatable bonds is 7. The number of likely N-dealkylation sites (tertiary alicyclic amines) is 1. The number of hydrogen-bond donors (Lipinski definition) is 2. The van der Waals surface area contributed by atoms with Crippen molar-refractivity contribution in [1.82, 2.24) is 10.2 Å². The fourth-order valence-corrected chi connectivity index (χ4v) is 3.33. The van der Waals surface area contributed by atoms with Crippen molar-refractivity contribution >= 4 is 29.9 Å². The quantitative estimate of drug-likeness (QED) is 0.346. The fourth-order valence-electron chi connectivity index (χ4n) is 3.33. The summed E-state index contributed by atoms with van der Waals surface area (Å²) >= 11 is 0. The van der Waals surface area contributed by atoms with Crippen molar-refractivity contribution in [2.24, 2.45) is 10.9 Å². The third kappa shape index (κ3) is 6.98. The van der Waals surface area contributed by atoms with E-state index in [2.05, 4.69) is 29.3 Å². The van der Waals surface area contributed by atoms with Gasteiger partial charge in [-0.1, -0.05) is 42.5 Å². The summed E-state index contributed by atoms with van der Waals surface area (Å²) in [5, 5.41) is 13.0. The lowest BCUT2D eigenvalue weighted by molar-refractivity contribution is 0.0906. The van der Waals surface area contributed by atoms with Crippen molar-refractivity contribution in [2.75, 3.05) is 26.2 Å². The van der Waals surface area contributed by atoms with Gasteiger partial charge < -0.3 is 20.1 Å². The average Bonchev–Trinajstić information content (AvgIpc) is 3.15. The van der Waals surface area contributed by atoms with Crippen molar-refractivity contribution in [3.8, 4) is 5.75 Å². The van der Waals surface area contributed by atoms with E-state index < -0.39 is 0 Å². The number of phenolic OH excluding ortho intramolecular Hbond substituents is 1. The normalized spacial score (nSPS) is 16.7. The number of aliphatic imine (C=N–C) groups is 1. The van der Waals surface area contributed by atoms with Crippen molar-refractivity contribution in [1.29, 1.82) is 0 Å². The minimum absolute atomic E-state index is 0. The summed E-state index contributed by atoms with van der Waals surface area (Å²) in [4.78, 5) is 7.06. The SMILES string of the molecule is CCNC(=NCc1cccc(O)c1)N1CCC(COCc2ccccc2)C1.I. The molecule has 5 nitrogen and oxygen atoms in total. The van der Waals surface area contributed by atoms with Crippen LogP contribution in [0.1, 0.15) is 24.5 Å². The molecule has 6 heteroatoms. The van der Waals surface area contributed by atoms with Crippen molar-refractivity contribution in [3.63, 3.8) is 0 Å². The monoisotopic (exact) mass is 495 g/mol. The maximum absolute atomic E-state index is 9.60. The minimum atomic E-state index is 0. The number of aromatic hydroxyl groups is 1. The summed E-state index contributed by atoms with van der Waals surface area (Å²) < 4.78 is 5.92. The summed E-state index contributed by atoms with van der Waals surface area (Å²) in [7, 11) is 0. The number of phenols is 1. The summed E-state index contributed by atoms with van der Waals surface area (Å²) in [6, 6.07) is 17.6. The van der Waals surface area contributed by atoms with E-state index >= 15 is 0 Å². The molecule has 0 amide bonds. The van der Waals surface area contributed by atoms with Crippen LogP contribution in [0.2, 0.25) is 0 Å². The van der Waals surface area contributed by atoms with Crippen LogP contribution in [0, 0.1) is 5.92 Å². The molecule has 0 aromatic heterocycles. The lowest BCUT2D eigenvalue weighted by Crippen LogP contribution is -2.40. The van der Waals surface area contributed by atoms with Gasteiger partial charge in [0.2, 0.25) is 0 Å². The van der Waals surface area contributed by atoms with Gasteiger partial charge in [0, 0.05) is 25.6 Å². The summed E-state index contributed by atoms with van der Waals surface area (Å²) in [6.45, 7) is 6.87. The highest BCUT2D eigenvalue weighted by molar-refractivity contribution is 14.0. The standard InChI is InChI=1S/C22H29N3O2.HI/c1-2-23-22(24-14-19-9-6-10-21(26)13-19)25-12-11-20(15-25)17-27-16-18-7-4-3-5-8-18;/h3-10,13,20,26H,2,11-12,14-17H2,1H3,(H,23,24);1H. The molecule has 0 saturated carbocycles. The Morgan fingerprint density at radius 3 is 2.71 bits per heavy atom. The van der Waals surface area contributed by atoms with Gasteiger partial charge in [0.1, 0.15) is 5.75 Å². The van der Waals surface area contributed by atoms with E-state index in [1.54, 1.807) is 12.1 Å². The lowest BCUT2D eigenvalue weighted by atomic mass is 10.1. The molecule has 152 valence electrons. The second-order valence-electron chi connectivity index (χ2n) is 6.94. The molecule has 1 fully saturated rings. The molecule has 28 heavy (non-hydrogen) atoms. The third-order valence-electron chi connectivity index (χ3n) is 4.71. The number of ether oxygens (including phenoxy) is 1. The number of nitrogens with zero attached hydrogens (tertiary/aromatic N) is 2. The van der Waals surface area contributed by atoms with Crippen LogP contribution in [0.15, 0.2) is 59.6 Å². The Hall–Kier alpha value is -1.80. The third-order valence-corrected chi connectivity index (χ3v) is 4.71. The van der Waals surface area contributed by atoms with Crippen LogP contribution in [-0.4, -0.2) is 42.2 Å². The number of halogens is 1. The Balaban J connectivity index is 0.00000280. The van der Waals surface area contributed by atoms with E-state index in [9.17, 15) is 5.11 Å². The number of guanidine groups is 1. The van der Waals surface area contributed by atoms with E-state index in [0.717, 1.165) is 44.2 Å². The first-order valence-corrected chi connectivity index (χ1v) is 9.67. The molecule has 0 bridgehead atoms. The Bertz CT molecular complexity index is 740. The second kappa shape index (κ2) is 11.9. The smallest absolute Gasteiger partial charge is 0.194 e. The van der Waals surface area contributed by atoms with Crippen LogP contribution >= 0.6 is 24.0 Å². The molecule has 1 atom stereocenters. The zero-order valence-electron chi connectivity index (χ0n) is 16.4. The summed E-state index contributed by atoms with van der Waals surface area (Å²) in [6.07, 6.45) is 1.12. The molecule has 1 aliphatic heterocycles. The van der Waals surface area contributed by atoms with Gasteiger partial charge in [0.05, 0.1) is 19.8 Å². The highest BCUT2D eigenvalue weighted by atomic mass is 127. The maximum atomic E-state index is 9.60. The molecular formula is C22H30IN3O2. The minimum Gasteiger partial charge on any atom is -0.508 e. The number of nitrogens with one attached hydrogen (secondary N) is 1. The molecular weight excluding hydrogens is 465 g/mol. The fraction of sp³-hybridized carbons (Fsp3) is 0.409. The zero-order chi connectivity index (χ0) is 18.9. The molecule has 1 unspecified atom stereocenters. The highest BCUT2D eigenvalue weighted by Crippen LogP contribution is 2.18. The topological polar surface area (TPSA) is 57.1 Å². The van der Waals surface area contributed by atoms with E-state index in [1.807, 2.05) is 30.3 Å². The highest BCUT2D eigenvalue weighted by Gasteiger charge is 2.25. The van der Waals surface area contributed by atoms with Crippen LogP contribution in [-0.2, 0) is 17.9 Å². The molecule has 1 saturated heterocycles. The van der Waals surface area contributed by atoms with Gasteiger partial charge in [0.15, 0.2) is 5.96 Å². The van der Waals surface area contributed by atoms with Crippen LogP contribution in [0.25, 0.3) is 0 Å². The molecule has 1 heterocycles. The molecule has 1 aliphatic rings. The van der Waals surface area contributed by atoms with Gasteiger partial charge in [0.25, 0.3) is 0 Å². The molecule has 2 N–H and O–H groups in total. The summed E-state index contributed by atoms with van der Waals surface area (Å²) in [5.74, 6) is 1.74. The van der Waals surface area contributed by atoms with Gasteiger partial charge in [-0.2, -0.15) is 0 Å². The Labute approximate surface area is 184 Å². The Kier molecular flexibility index (Phi) is 9.57. The Morgan fingerprint density at radius 1 is 1.18 bits per heavy atom. The number of hydrogen-bond acceptors (Lipinski definition) is 3. The molecule has 2 aromatic rings. The molecule has 0 radical (unpaired) electrons. The van der Waals surface area contributed by atoms with Gasteiger partial charge in [-0.3, -0.25) is 0 Å². The van der Waals surface area contributed by atoms with Crippen LogP contribution in [0.5, 0.6) is 5.75 Å². The van der Waals surface area contributed by atoms with E-state index in [1.165, 1.54) is 5.56 Å². The maximum Gasteiger partial charge on any atom is 0.194 e. The van der Waals surface area contributed by atoms with Crippen LogP contribution in [0.3, 0.4) is 0 Å². The van der Waals surface area contributed by atoms with Crippen molar-refractivity contribution < 1.29 is 9.84 Å². The lowest BCUT2D eigenvalue weighted by Gasteiger charge is -2.21. The van der Waals surface area contributed by atoms with E-state index in [0.29, 0.717) is 19.1 Å². The first kappa shape index (κ1) is 22.5. The largest absolute Gasteiger partial charge is 0.508 e. The number of benzene rings is 2. The summed E-state index contributed by atoms with van der Waals surface area (Å²) in [5.41, 5.74) is 2.22. The van der Waals surface area contributed by atoms with E-state index in [-0.39, 0.29) is 29.7 Å². The zero-order valence-corrected chi connectivity index (χ0v) is 18.7. The predicted molar refractivity (Wildman–Crippen MR) is 124 cm³/mol. The van der Waals surface area contributed by atoms with Crippen molar-refractivity contribution in [3.05, 3.63) is 65.7 Å². The van der Waals surface area contributed by atoms with Crippen LogP contribution < -0.4 is 5.32 Å². The first-order valence-electron chi connectivity index (χ1n) is 9.67.